The number of quaternary nitrogens is 1. The maximum atomic E-state index is 10.7. The fraction of sp³-hybridized carbons (Fsp3) is 0.294. The van der Waals surface area contributed by atoms with Gasteiger partial charge in [0.25, 0.3) is 11.6 Å². The Bertz CT molecular complexity index is 869. The van der Waals surface area contributed by atoms with Gasteiger partial charge >= 0.3 is 0 Å². The van der Waals surface area contributed by atoms with E-state index in [1.807, 2.05) is 33.0 Å². The molecule has 3 rings (SSSR count). The number of rotatable bonds is 6. The SMILES string of the molecule is Cc1ccc(C[NH+](C)[C@H](C)c2nnc(-c3ccc([N+](=O)[O-])cc3)o2)o1. The number of benzene rings is 1. The van der Waals surface area contributed by atoms with Crippen molar-refractivity contribution in [3.8, 4) is 11.5 Å². The highest BCUT2D eigenvalue weighted by Crippen LogP contribution is 2.22. The van der Waals surface area contributed by atoms with Crippen molar-refractivity contribution in [3.05, 3.63) is 63.9 Å². The van der Waals surface area contributed by atoms with Gasteiger partial charge in [0.2, 0.25) is 5.89 Å². The highest BCUT2D eigenvalue weighted by molar-refractivity contribution is 5.55. The molecule has 2 aromatic heterocycles. The number of nitro groups is 1. The van der Waals surface area contributed by atoms with E-state index in [0.29, 0.717) is 23.9 Å². The second-order valence-corrected chi connectivity index (χ2v) is 6.01. The molecule has 1 unspecified atom stereocenters. The number of nitrogens with one attached hydrogen (secondary N) is 1. The third-order valence-corrected chi connectivity index (χ3v) is 4.12. The normalized spacial score (nSPS) is 13.6. The van der Waals surface area contributed by atoms with E-state index in [0.717, 1.165) is 16.4 Å². The highest BCUT2D eigenvalue weighted by atomic mass is 16.6. The van der Waals surface area contributed by atoms with E-state index < -0.39 is 4.92 Å². The predicted octanol–water partition coefficient (Wildman–Crippen LogP) is 2.32. The van der Waals surface area contributed by atoms with Gasteiger partial charge in [0.1, 0.15) is 12.3 Å². The molecule has 0 radical (unpaired) electrons. The van der Waals surface area contributed by atoms with Crippen LogP contribution in [0.1, 0.15) is 30.4 Å². The van der Waals surface area contributed by atoms with E-state index >= 15 is 0 Å². The molecule has 130 valence electrons. The molecule has 0 aliphatic rings. The first-order valence-corrected chi connectivity index (χ1v) is 7.90. The molecule has 0 fully saturated rings. The summed E-state index contributed by atoms with van der Waals surface area (Å²) in [5.74, 6) is 2.64. The first kappa shape index (κ1) is 16.8. The van der Waals surface area contributed by atoms with E-state index in [1.54, 1.807) is 12.1 Å². The summed E-state index contributed by atoms with van der Waals surface area (Å²) in [6.07, 6.45) is 0. The Kier molecular flexibility index (Phi) is 4.62. The monoisotopic (exact) mass is 343 g/mol. The van der Waals surface area contributed by atoms with Gasteiger partial charge in [0.05, 0.1) is 12.0 Å². The molecule has 0 bridgehead atoms. The Morgan fingerprint density at radius 1 is 1.16 bits per heavy atom. The first-order valence-electron chi connectivity index (χ1n) is 7.90. The van der Waals surface area contributed by atoms with Gasteiger partial charge in [-0.1, -0.05) is 0 Å². The maximum Gasteiger partial charge on any atom is 0.274 e. The molecule has 0 aliphatic carbocycles. The second kappa shape index (κ2) is 6.86. The molecule has 8 heteroatoms. The Labute approximate surface area is 144 Å². The third kappa shape index (κ3) is 3.74. The molecule has 0 saturated heterocycles. The van der Waals surface area contributed by atoms with Gasteiger partial charge in [0.15, 0.2) is 11.8 Å². The number of nitro benzene ring substituents is 1. The predicted molar refractivity (Wildman–Crippen MR) is 88.8 cm³/mol. The van der Waals surface area contributed by atoms with E-state index in [2.05, 4.69) is 10.2 Å². The molecule has 1 N–H and O–H groups in total. The molecule has 8 nitrogen and oxygen atoms in total. The topological polar surface area (TPSA) is 99.6 Å². The molecule has 0 saturated carbocycles. The van der Waals surface area contributed by atoms with Crippen LogP contribution in [0, 0.1) is 17.0 Å². The van der Waals surface area contributed by atoms with Gasteiger partial charge in [-0.15, -0.1) is 10.2 Å². The summed E-state index contributed by atoms with van der Waals surface area (Å²) in [7, 11) is 2.03. The van der Waals surface area contributed by atoms with Crippen molar-refractivity contribution in [3.63, 3.8) is 0 Å². The summed E-state index contributed by atoms with van der Waals surface area (Å²) < 4.78 is 11.4. The molecular weight excluding hydrogens is 324 g/mol. The van der Waals surface area contributed by atoms with Gasteiger partial charge in [-0.3, -0.25) is 10.1 Å². The number of hydrogen-bond donors (Lipinski definition) is 1. The zero-order valence-corrected chi connectivity index (χ0v) is 14.2. The van der Waals surface area contributed by atoms with Gasteiger partial charge in [-0.25, -0.2) is 0 Å². The molecule has 2 heterocycles. The lowest BCUT2D eigenvalue weighted by atomic mass is 10.2. The number of aromatic nitrogens is 2. The van der Waals surface area contributed by atoms with E-state index in [-0.39, 0.29) is 11.7 Å². The van der Waals surface area contributed by atoms with Crippen molar-refractivity contribution in [2.24, 2.45) is 0 Å². The minimum Gasteiger partial charge on any atom is -0.460 e. The fourth-order valence-corrected chi connectivity index (χ4v) is 2.47. The number of aryl methyl sites for hydroxylation is 1. The van der Waals surface area contributed by atoms with E-state index in [4.69, 9.17) is 8.83 Å². The Balaban J connectivity index is 1.72. The minimum atomic E-state index is -0.445. The smallest absolute Gasteiger partial charge is 0.274 e. The number of hydrogen-bond acceptors (Lipinski definition) is 6. The second-order valence-electron chi connectivity index (χ2n) is 6.01. The molecule has 0 amide bonds. The zero-order chi connectivity index (χ0) is 18.0. The molecule has 1 aromatic carbocycles. The molecule has 0 spiro atoms. The summed E-state index contributed by atoms with van der Waals surface area (Å²) in [6.45, 7) is 4.61. The van der Waals surface area contributed by atoms with Crippen molar-refractivity contribution >= 4 is 5.69 Å². The largest absolute Gasteiger partial charge is 0.460 e. The van der Waals surface area contributed by atoms with Crippen LogP contribution in [0.15, 0.2) is 45.2 Å². The lowest BCUT2D eigenvalue weighted by Gasteiger charge is -2.17. The molecule has 2 atom stereocenters. The van der Waals surface area contributed by atoms with Crippen LogP contribution in [-0.4, -0.2) is 22.2 Å². The summed E-state index contributed by atoms with van der Waals surface area (Å²) in [5.41, 5.74) is 0.672. The fourth-order valence-electron chi connectivity index (χ4n) is 2.47. The standard InChI is InChI=1S/C17H18N4O4/c1-11-4-9-15(24-11)10-20(3)12(2)16-18-19-17(25-16)13-5-7-14(8-6-13)21(22)23/h4-9,12H,10H2,1-3H3/p+1/t12-/m1/s1. The Hall–Kier alpha value is -3.00. The van der Waals surface area contributed by atoms with Gasteiger partial charge in [0, 0.05) is 17.7 Å². The molecule has 3 aromatic rings. The Morgan fingerprint density at radius 2 is 1.88 bits per heavy atom. The van der Waals surface area contributed by atoms with Crippen molar-refractivity contribution < 1.29 is 18.7 Å². The maximum absolute atomic E-state index is 10.7. The lowest BCUT2D eigenvalue weighted by molar-refractivity contribution is -0.926. The van der Waals surface area contributed by atoms with E-state index in [1.165, 1.54) is 12.1 Å². The molecule has 0 aliphatic heterocycles. The lowest BCUT2D eigenvalue weighted by Crippen LogP contribution is -3.07. The van der Waals surface area contributed by atoms with Crippen LogP contribution < -0.4 is 4.90 Å². The van der Waals surface area contributed by atoms with Crippen molar-refractivity contribution in [2.45, 2.75) is 26.4 Å². The van der Waals surface area contributed by atoms with Crippen molar-refractivity contribution in [2.75, 3.05) is 7.05 Å². The number of furan rings is 1. The Morgan fingerprint density at radius 3 is 2.48 bits per heavy atom. The van der Waals surface area contributed by atoms with Crippen LogP contribution in [-0.2, 0) is 6.54 Å². The average molecular weight is 343 g/mol. The quantitative estimate of drug-likeness (QED) is 0.545. The van der Waals surface area contributed by atoms with Crippen LogP contribution >= 0.6 is 0 Å². The highest BCUT2D eigenvalue weighted by Gasteiger charge is 2.23. The molecule has 25 heavy (non-hydrogen) atoms. The minimum absolute atomic E-state index is 0.0229. The van der Waals surface area contributed by atoms with Gasteiger partial charge in [-0.2, -0.15) is 0 Å². The van der Waals surface area contributed by atoms with Gasteiger partial charge < -0.3 is 13.7 Å². The molecular formula is C17H19N4O4+. The summed E-state index contributed by atoms with van der Waals surface area (Å²) in [6, 6.07) is 9.90. The third-order valence-electron chi connectivity index (χ3n) is 4.12. The van der Waals surface area contributed by atoms with Gasteiger partial charge in [-0.05, 0) is 38.1 Å². The van der Waals surface area contributed by atoms with Crippen LogP contribution in [0.5, 0.6) is 0 Å². The van der Waals surface area contributed by atoms with Crippen LogP contribution in [0.4, 0.5) is 5.69 Å². The first-order chi connectivity index (χ1) is 11.9. The van der Waals surface area contributed by atoms with Crippen LogP contribution in [0.2, 0.25) is 0 Å². The van der Waals surface area contributed by atoms with Crippen LogP contribution in [0.3, 0.4) is 0 Å². The number of non-ortho nitro benzene ring substituents is 1. The van der Waals surface area contributed by atoms with Crippen molar-refractivity contribution in [1.82, 2.24) is 10.2 Å². The van der Waals surface area contributed by atoms with E-state index in [9.17, 15) is 10.1 Å². The summed E-state index contributed by atoms with van der Waals surface area (Å²) >= 11 is 0. The number of nitrogens with zero attached hydrogens (tertiary/aromatic N) is 3. The summed E-state index contributed by atoms with van der Waals surface area (Å²) in [4.78, 5) is 11.4. The summed E-state index contributed by atoms with van der Waals surface area (Å²) in [5, 5.41) is 18.9. The van der Waals surface area contributed by atoms with Crippen LogP contribution in [0.25, 0.3) is 11.5 Å². The van der Waals surface area contributed by atoms with Crippen molar-refractivity contribution in [1.29, 1.82) is 0 Å². The average Bonchev–Trinajstić information content (AvgIpc) is 3.23. The zero-order valence-electron chi connectivity index (χ0n) is 14.2.